The van der Waals surface area contributed by atoms with Gasteiger partial charge in [0, 0.05) is 24.6 Å². The number of benzene rings is 2. The molecule has 0 unspecified atom stereocenters. The summed E-state index contributed by atoms with van der Waals surface area (Å²) in [5, 5.41) is 10.1. The number of anilines is 1. The average molecular weight is 478 g/mol. The molecule has 5 rings (SSSR count). The highest BCUT2D eigenvalue weighted by molar-refractivity contribution is 5.95. The molecule has 1 saturated heterocycles. The molecule has 1 amide bonds. The van der Waals surface area contributed by atoms with Crippen molar-refractivity contribution in [1.82, 2.24) is 9.55 Å². The molecule has 0 bridgehead atoms. The van der Waals surface area contributed by atoms with Crippen LogP contribution in [-0.4, -0.2) is 53.1 Å². The molecule has 1 aromatic heterocycles. The number of nitrogens with zero attached hydrogens (tertiary/aromatic N) is 3. The second kappa shape index (κ2) is 9.70. The number of imidazole rings is 1. The number of hydrogen-bond acceptors (Lipinski definition) is 5. The first-order valence-corrected chi connectivity index (χ1v) is 12.2. The summed E-state index contributed by atoms with van der Waals surface area (Å²) in [5.74, 6) is -0.843. The Balaban J connectivity index is 1.65. The Labute approximate surface area is 204 Å². The van der Waals surface area contributed by atoms with E-state index in [0.29, 0.717) is 6.61 Å². The summed E-state index contributed by atoms with van der Waals surface area (Å²) < 4.78 is 13.1. The standard InChI is InChI=1S/C27H31N3O5/c1-17-10-11-20-22(29(17)27(33)34-2)12-13-23-25(20)28-24(30(23)19-9-6-14-35-16-19)15-21(26(31)32)18-7-4-3-5-8-18/h3-5,7-8,12-13,17,19,21H,6,9-11,14-16H2,1-2H3,(H,31,32)/t17-,19-,21-/m0/s1. The van der Waals surface area contributed by atoms with Crippen LogP contribution in [0, 0.1) is 0 Å². The van der Waals surface area contributed by atoms with Gasteiger partial charge in [0.15, 0.2) is 0 Å². The zero-order chi connectivity index (χ0) is 24.5. The Hall–Kier alpha value is -3.39. The van der Waals surface area contributed by atoms with Crippen LogP contribution in [0.2, 0.25) is 0 Å². The number of carboxylic acid groups (broad SMARTS) is 1. The molecule has 3 heterocycles. The molecule has 0 radical (unpaired) electrons. The van der Waals surface area contributed by atoms with Gasteiger partial charge in [0.25, 0.3) is 0 Å². The molecular weight excluding hydrogens is 446 g/mol. The van der Waals surface area contributed by atoms with Gasteiger partial charge in [0.2, 0.25) is 0 Å². The highest BCUT2D eigenvalue weighted by Crippen LogP contribution is 2.39. The zero-order valence-electron chi connectivity index (χ0n) is 20.1. The lowest BCUT2D eigenvalue weighted by Gasteiger charge is -2.34. The van der Waals surface area contributed by atoms with Crippen LogP contribution in [0.1, 0.15) is 55.1 Å². The smallest absolute Gasteiger partial charge is 0.414 e. The van der Waals surface area contributed by atoms with E-state index in [-0.39, 0.29) is 24.6 Å². The molecular formula is C27H31N3O5. The maximum Gasteiger partial charge on any atom is 0.414 e. The summed E-state index contributed by atoms with van der Waals surface area (Å²) >= 11 is 0. The Kier molecular flexibility index (Phi) is 6.47. The number of carbonyl (C=O) groups excluding carboxylic acids is 1. The molecule has 184 valence electrons. The largest absolute Gasteiger partial charge is 0.481 e. The van der Waals surface area contributed by atoms with Crippen LogP contribution in [-0.2, 0) is 27.1 Å². The molecule has 3 aromatic rings. The highest BCUT2D eigenvalue weighted by Gasteiger charge is 2.33. The van der Waals surface area contributed by atoms with Crippen LogP contribution in [0.5, 0.6) is 0 Å². The number of aliphatic carboxylic acids is 1. The lowest BCUT2D eigenvalue weighted by Crippen LogP contribution is -2.42. The number of hydrogen-bond donors (Lipinski definition) is 1. The summed E-state index contributed by atoms with van der Waals surface area (Å²) in [6.45, 7) is 3.33. The summed E-state index contributed by atoms with van der Waals surface area (Å²) in [6.07, 6.45) is 3.38. The first-order chi connectivity index (χ1) is 17.0. The van der Waals surface area contributed by atoms with Gasteiger partial charge in [0.1, 0.15) is 5.82 Å². The third-order valence-corrected chi connectivity index (χ3v) is 7.29. The normalized spacial score (nSPS) is 20.9. The number of carboxylic acids is 1. The predicted octanol–water partition coefficient (Wildman–Crippen LogP) is 4.71. The van der Waals surface area contributed by atoms with E-state index >= 15 is 0 Å². The average Bonchev–Trinajstić information content (AvgIpc) is 3.26. The van der Waals surface area contributed by atoms with Gasteiger partial charge < -0.3 is 19.1 Å². The molecule has 35 heavy (non-hydrogen) atoms. The van der Waals surface area contributed by atoms with Crippen molar-refractivity contribution < 1.29 is 24.2 Å². The molecule has 1 fully saturated rings. The minimum atomic E-state index is -0.873. The number of rotatable bonds is 5. The van der Waals surface area contributed by atoms with E-state index in [1.165, 1.54) is 7.11 Å². The van der Waals surface area contributed by atoms with Crippen molar-refractivity contribution in [3.05, 3.63) is 59.4 Å². The molecule has 2 aromatic carbocycles. The van der Waals surface area contributed by atoms with E-state index in [2.05, 4.69) is 4.57 Å². The van der Waals surface area contributed by atoms with Crippen molar-refractivity contribution >= 4 is 28.8 Å². The number of ether oxygens (including phenoxy) is 2. The second-order valence-electron chi connectivity index (χ2n) is 9.43. The summed E-state index contributed by atoms with van der Waals surface area (Å²) in [6, 6.07) is 13.4. The molecule has 0 aliphatic carbocycles. The van der Waals surface area contributed by atoms with Crippen molar-refractivity contribution in [3.8, 4) is 0 Å². The Morgan fingerprint density at radius 3 is 2.69 bits per heavy atom. The Bertz CT molecular complexity index is 1230. The third-order valence-electron chi connectivity index (χ3n) is 7.29. The van der Waals surface area contributed by atoms with Crippen LogP contribution in [0.25, 0.3) is 11.0 Å². The van der Waals surface area contributed by atoms with Gasteiger partial charge >= 0.3 is 12.1 Å². The van der Waals surface area contributed by atoms with Gasteiger partial charge in [-0.25, -0.2) is 9.78 Å². The quantitative estimate of drug-likeness (QED) is 0.572. The maximum atomic E-state index is 12.6. The van der Waals surface area contributed by atoms with E-state index < -0.39 is 11.9 Å². The fourth-order valence-corrected chi connectivity index (χ4v) is 5.52. The fourth-order valence-electron chi connectivity index (χ4n) is 5.52. The molecule has 0 spiro atoms. The number of aryl methyl sites for hydroxylation is 1. The van der Waals surface area contributed by atoms with E-state index in [9.17, 15) is 14.7 Å². The molecule has 8 heteroatoms. The highest BCUT2D eigenvalue weighted by atomic mass is 16.5. The van der Waals surface area contributed by atoms with Crippen LogP contribution >= 0.6 is 0 Å². The van der Waals surface area contributed by atoms with Gasteiger partial charge in [-0.15, -0.1) is 0 Å². The van der Waals surface area contributed by atoms with Crippen LogP contribution in [0.15, 0.2) is 42.5 Å². The molecule has 0 saturated carbocycles. The van der Waals surface area contributed by atoms with Crippen molar-refractivity contribution in [1.29, 1.82) is 0 Å². The zero-order valence-corrected chi connectivity index (χ0v) is 20.1. The number of methoxy groups -OCH3 is 1. The SMILES string of the molecule is COC(=O)N1c2ccc3c(nc(C[C@H](C(=O)O)c4ccccc4)n3[C@H]3CCCOC3)c2CC[C@@H]1C. The number of fused-ring (bicyclic) bond motifs is 3. The fraction of sp³-hybridized carbons (Fsp3) is 0.444. The van der Waals surface area contributed by atoms with E-state index in [1.54, 1.807) is 4.90 Å². The minimum Gasteiger partial charge on any atom is -0.481 e. The molecule has 8 nitrogen and oxygen atoms in total. The number of aromatic nitrogens is 2. The first kappa shape index (κ1) is 23.4. The third kappa shape index (κ3) is 4.27. The minimum absolute atomic E-state index is 0.0233. The van der Waals surface area contributed by atoms with Crippen molar-refractivity contribution in [3.63, 3.8) is 0 Å². The number of amides is 1. The van der Waals surface area contributed by atoms with Crippen LogP contribution in [0.3, 0.4) is 0 Å². The summed E-state index contributed by atoms with van der Waals surface area (Å²) in [7, 11) is 1.40. The first-order valence-electron chi connectivity index (χ1n) is 12.2. The van der Waals surface area contributed by atoms with E-state index in [1.807, 2.05) is 49.4 Å². The van der Waals surface area contributed by atoms with Crippen LogP contribution < -0.4 is 4.90 Å². The van der Waals surface area contributed by atoms with Crippen molar-refractivity contribution in [2.45, 2.75) is 57.0 Å². The topological polar surface area (TPSA) is 93.9 Å². The van der Waals surface area contributed by atoms with Gasteiger partial charge in [-0.3, -0.25) is 9.69 Å². The van der Waals surface area contributed by atoms with Crippen molar-refractivity contribution in [2.24, 2.45) is 0 Å². The summed E-state index contributed by atoms with van der Waals surface area (Å²) in [4.78, 5) is 31.6. The van der Waals surface area contributed by atoms with E-state index in [4.69, 9.17) is 14.5 Å². The van der Waals surface area contributed by atoms with Crippen molar-refractivity contribution in [2.75, 3.05) is 25.2 Å². The Morgan fingerprint density at radius 1 is 1.20 bits per heavy atom. The van der Waals surface area contributed by atoms with Gasteiger partial charge in [-0.05, 0) is 50.3 Å². The van der Waals surface area contributed by atoms with Gasteiger partial charge in [-0.2, -0.15) is 0 Å². The summed E-state index contributed by atoms with van der Waals surface area (Å²) in [5.41, 5.74) is 4.38. The predicted molar refractivity (Wildman–Crippen MR) is 132 cm³/mol. The maximum absolute atomic E-state index is 12.6. The molecule has 3 atom stereocenters. The molecule has 2 aliphatic heterocycles. The lowest BCUT2D eigenvalue weighted by molar-refractivity contribution is -0.138. The van der Waals surface area contributed by atoms with Gasteiger partial charge in [-0.1, -0.05) is 30.3 Å². The Morgan fingerprint density at radius 2 is 2.00 bits per heavy atom. The van der Waals surface area contributed by atoms with E-state index in [0.717, 1.165) is 66.0 Å². The second-order valence-corrected chi connectivity index (χ2v) is 9.43. The molecule has 2 aliphatic rings. The van der Waals surface area contributed by atoms with Crippen LogP contribution in [0.4, 0.5) is 10.5 Å². The molecule has 1 N–H and O–H groups in total. The lowest BCUT2D eigenvalue weighted by atomic mass is 9.95. The number of carbonyl (C=O) groups is 2. The van der Waals surface area contributed by atoms with Gasteiger partial charge in [0.05, 0.1) is 42.4 Å². The monoisotopic (exact) mass is 477 g/mol.